The molecule has 34 heavy (non-hydrogen) atoms. The van der Waals surface area contributed by atoms with Crippen LogP contribution in [0.1, 0.15) is 26.7 Å². The van der Waals surface area contributed by atoms with E-state index in [1.807, 2.05) is 6.08 Å². The summed E-state index contributed by atoms with van der Waals surface area (Å²) >= 11 is 0. The van der Waals surface area contributed by atoms with Crippen LogP contribution < -0.4 is 0 Å². The first kappa shape index (κ1) is 32.1. The van der Waals surface area contributed by atoms with Crippen molar-refractivity contribution in [1.82, 2.24) is 9.80 Å². The largest absolute Gasteiger partial charge is 0.490 e. The van der Waals surface area contributed by atoms with Crippen molar-refractivity contribution >= 4 is 11.9 Å². The summed E-state index contributed by atoms with van der Waals surface area (Å²) in [5.41, 5.74) is 0. The van der Waals surface area contributed by atoms with E-state index in [1.165, 1.54) is 6.42 Å². The molecule has 0 bridgehead atoms. The number of carboxylic acid groups (broad SMARTS) is 2. The van der Waals surface area contributed by atoms with E-state index < -0.39 is 24.3 Å². The van der Waals surface area contributed by atoms with E-state index in [9.17, 15) is 26.3 Å². The topological polar surface area (TPSA) is 99.5 Å². The lowest BCUT2D eigenvalue weighted by atomic mass is 10.1. The van der Waals surface area contributed by atoms with Gasteiger partial charge in [0.2, 0.25) is 0 Å². The highest BCUT2D eigenvalue weighted by atomic mass is 19.4. The first-order valence-corrected chi connectivity index (χ1v) is 10.6. The second-order valence-corrected chi connectivity index (χ2v) is 7.31. The minimum Gasteiger partial charge on any atom is -0.475 e. The molecule has 1 aliphatic heterocycles. The number of aliphatic carboxylic acids is 2. The molecule has 1 aliphatic carbocycles. The highest BCUT2D eigenvalue weighted by Gasteiger charge is 2.43. The number of hydrogen-bond donors (Lipinski definition) is 2. The van der Waals surface area contributed by atoms with Gasteiger partial charge in [-0.25, -0.2) is 9.59 Å². The lowest BCUT2D eigenvalue weighted by Gasteiger charge is -2.39. The van der Waals surface area contributed by atoms with Gasteiger partial charge in [0.1, 0.15) is 0 Å². The van der Waals surface area contributed by atoms with Gasteiger partial charge in [0.05, 0.1) is 25.4 Å². The van der Waals surface area contributed by atoms with Crippen LogP contribution in [0.25, 0.3) is 0 Å². The van der Waals surface area contributed by atoms with Crippen LogP contribution in [0, 0.1) is 0 Å². The lowest BCUT2D eigenvalue weighted by molar-refractivity contribution is -0.193. The van der Waals surface area contributed by atoms with Gasteiger partial charge in [-0.1, -0.05) is 19.9 Å². The molecule has 3 atom stereocenters. The number of morpholine rings is 1. The maximum Gasteiger partial charge on any atom is 0.490 e. The zero-order chi connectivity index (χ0) is 26.5. The van der Waals surface area contributed by atoms with E-state index in [4.69, 9.17) is 29.3 Å². The van der Waals surface area contributed by atoms with Crippen molar-refractivity contribution in [2.24, 2.45) is 0 Å². The fourth-order valence-electron chi connectivity index (χ4n) is 3.45. The Morgan fingerprint density at radius 2 is 1.59 bits per heavy atom. The Kier molecular flexibility index (Phi) is 14.3. The van der Waals surface area contributed by atoms with Gasteiger partial charge in [-0.05, 0) is 25.9 Å². The van der Waals surface area contributed by atoms with Crippen molar-refractivity contribution < 1.29 is 55.6 Å². The SMILES string of the molecule is C=CCO[C@@H]1CC[C@H]2[C@H]1OCCN2CCN(CC)CC.O=C(O)C(F)(F)F.O=C(O)C(F)(F)F. The van der Waals surface area contributed by atoms with E-state index in [0.29, 0.717) is 12.6 Å². The molecule has 1 saturated heterocycles. The summed E-state index contributed by atoms with van der Waals surface area (Å²) in [7, 11) is 0. The molecule has 0 spiro atoms. The number of carbonyl (C=O) groups is 2. The van der Waals surface area contributed by atoms with Crippen molar-refractivity contribution in [3.05, 3.63) is 12.7 Å². The predicted octanol–water partition coefficient (Wildman–Crippen LogP) is 3.03. The van der Waals surface area contributed by atoms with E-state index in [0.717, 1.165) is 45.8 Å². The number of nitrogens with zero attached hydrogens (tertiary/aromatic N) is 2. The molecule has 0 unspecified atom stereocenters. The summed E-state index contributed by atoms with van der Waals surface area (Å²) in [6.07, 6.45) is -5.50. The molecule has 200 valence electrons. The molecule has 8 nitrogen and oxygen atoms in total. The van der Waals surface area contributed by atoms with Gasteiger partial charge < -0.3 is 24.6 Å². The number of likely N-dealkylation sites (N-methyl/N-ethyl adjacent to an activating group) is 1. The number of ether oxygens (including phenoxy) is 2. The van der Waals surface area contributed by atoms with E-state index >= 15 is 0 Å². The van der Waals surface area contributed by atoms with Gasteiger partial charge in [-0.2, -0.15) is 26.3 Å². The molecule has 1 saturated carbocycles. The standard InChI is InChI=1S/C16H30N2O2.2C2HF3O2/c1-4-12-19-15-8-7-14-16(15)20-13-11-18(14)10-9-17(5-2)6-3;2*3-2(4,5)1(6)7/h4,14-16H,1,5-13H2,2-3H3;2*(H,6,7)/t14-,15+,16+;;/m0../s1. The Bertz CT molecular complexity index is 604. The van der Waals surface area contributed by atoms with Gasteiger partial charge in [0.25, 0.3) is 0 Å². The molecule has 0 radical (unpaired) electrons. The zero-order valence-electron chi connectivity index (χ0n) is 19.1. The fraction of sp³-hybridized carbons (Fsp3) is 0.800. The van der Waals surface area contributed by atoms with Gasteiger partial charge in [0, 0.05) is 25.7 Å². The molecular weight excluding hydrogens is 478 g/mol. The summed E-state index contributed by atoms with van der Waals surface area (Å²) in [5.74, 6) is -5.51. The second kappa shape index (κ2) is 15.2. The van der Waals surface area contributed by atoms with Crippen molar-refractivity contribution in [2.75, 3.05) is 45.9 Å². The van der Waals surface area contributed by atoms with Crippen LogP contribution in [0.5, 0.6) is 0 Å². The lowest BCUT2D eigenvalue weighted by Crippen LogP contribution is -2.53. The molecule has 2 fully saturated rings. The van der Waals surface area contributed by atoms with Crippen LogP contribution in [0.2, 0.25) is 0 Å². The van der Waals surface area contributed by atoms with E-state index in [-0.39, 0.29) is 12.2 Å². The molecule has 0 amide bonds. The average Bonchev–Trinajstić information content (AvgIpc) is 3.16. The summed E-state index contributed by atoms with van der Waals surface area (Å²) in [5, 5.41) is 14.2. The molecule has 1 heterocycles. The van der Waals surface area contributed by atoms with Gasteiger partial charge in [-0.15, -0.1) is 6.58 Å². The third kappa shape index (κ3) is 12.0. The van der Waals surface area contributed by atoms with Crippen molar-refractivity contribution in [3.63, 3.8) is 0 Å². The molecular formula is C20H32F6N2O6. The molecule has 2 N–H and O–H groups in total. The second-order valence-electron chi connectivity index (χ2n) is 7.31. The Morgan fingerprint density at radius 1 is 1.09 bits per heavy atom. The third-order valence-electron chi connectivity index (χ3n) is 5.16. The number of halogens is 6. The maximum absolute atomic E-state index is 10.6. The van der Waals surface area contributed by atoms with E-state index in [1.54, 1.807) is 0 Å². The minimum absolute atomic E-state index is 0.259. The predicted molar refractivity (Wildman–Crippen MR) is 109 cm³/mol. The monoisotopic (exact) mass is 510 g/mol. The van der Waals surface area contributed by atoms with Crippen LogP contribution in [0.4, 0.5) is 26.3 Å². The van der Waals surface area contributed by atoms with Crippen LogP contribution in [0.15, 0.2) is 12.7 Å². The summed E-state index contributed by atoms with van der Waals surface area (Å²) in [4.78, 5) is 22.9. The highest BCUT2D eigenvalue weighted by molar-refractivity contribution is 5.73. The normalized spacial score (nSPS) is 22.7. The van der Waals surface area contributed by atoms with Gasteiger partial charge in [0.15, 0.2) is 0 Å². The first-order valence-electron chi connectivity index (χ1n) is 10.6. The number of rotatable bonds is 8. The Morgan fingerprint density at radius 3 is 2.00 bits per heavy atom. The van der Waals surface area contributed by atoms with Crippen LogP contribution in [-0.2, 0) is 19.1 Å². The van der Waals surface area contributed by atoms with Crippen LogP contribution in [-0.4, -0.2) is 108 Å². The molecule has 14 heteroatoms. The van der Waals surface area contributed by atoms with Crippen molar-refractivity contribution in [3.8, 4) is 0 Å². The van der Waals surface area contributed by atoms with Gasteiger partial charge >= 0.3 is 24.3 Å². The molecule has 2 rings (SSSR count). The minimum atomic E-state index is -5.08. The van der Waals surface area contributed by atoms with Crippen LogP contribution >= 0.6 is 0 Å². The van der Waals surface area contributed by atoms with Crippen molar-refractivity contribution in [1.29, 1.82) is 0 Å². The number of fused-ring (bicyclic) bond motifs is 1. The maximum atomic E-state index is 10.6. The molecule has 0 aromatic rings. The molecule has 0 aromatic heterocycles. The molecule has 0 aromatic carbocycles. The Hall–Kier alpha value is -1.90. The Labute approximate surface area is 194 Å². The summed E-state index contributed by atoms with van der Waals surface area (Å²) in [6, 6.07) is 0.550. The van der Waals surface area contributed by atoms with Crippen molar-refractivity contribution in [2.45, 2.75) is 57.3 Å². The third-order valence-corrected chi connectivity index (χ3v) is 5.16. The highest BCUT2D eigenvalue weighted by Crippen LogP contribution is 2.32. The quantitative estimate of drug-likeness (QED) is 0.380. The van der Waals surface area contributed by atoms with E-state index in [2.05, 4.69) is 30.2 Å². The zero-order valence-corrected chi connectivity index (χ0v) is 19.1. The summed E-state index contributed by atoms with van der Waals surface area (Å²) in [6.45, 7) is 15.3. The smallest absolute Gasteiger partial charge is 0.475 e. The number of carboxylic acids is 2. The number of hydrogen-bond acceptors (Lipinski definition) is 6. The number of alkyl halides is 6. The first-order chi connectivity index (χ1) is 15.7. The van der Waals surface area contributed by atoms with Crippen LogP contribution in [0.3, 0.4) is 0 Å². The molecule has 2 aliphatic rings. The average molecular weight is 510 g/mol. The summed E-state index contributed by atoms with van der Waals surface area (Å²) < 4.78 is 75.3. The fourth-order valence-corrected chi connectivity index (χ4v) is 3.45. The van der Waals surface area contributed by atoms with Gasteiger partial charge in [-0.3, -0.25) is 4.90 Å². The Balaban J connectivity index is 0.000000642.